The van der Waals surface area contributed by atoms with E-state index in [4.69, 9.17) is 0 Å². The Labute approximate surface area is 93.1 Å². The summed E-state index contributed by atoms with van der Waals surface area (Å²) in [6, 6.07) is 5.36. The summed E-state index contributed by atoms with van der Waals surface area (Å²) in [5.41, 5.74) is 2.63. The standard InChI is InChI=1S/C12H12N2O2/c1-8-6-13-14(7-8)10-5-3-4-9(2)11(10)12(15)16/h3-7H,1-2H3,(H,15,16). The van der Waals surface area contributed by atoms with Crippen LogP contribution in [0.3, 0.4) is 0 Å². The van der Waals surface area contributed by atoms with E-state index in [0.29, 0.717) is 11.3 Å². The van der Waals surface area contributed by atoms with Gasteiger partial charge in [-0.3, -0.25) is 0 Å². The predicted molar refractivity (Wildman–Crippen MR) is 60.0 cm³/mol. The molecule has 0 amide bonds. The zero-order chi connectivity index (χ0) is 11.7. The van der Waals surface area contributed by atoms with Crippen molar-refractivity contribution in [1.82, 2.24) is 9.78 Å². The van der Waals surface area contributed by atoms with Gasteiger partial charge in [0.1, 0.15) is 0 Å². The summed E-state index contributed by atoms with van der Waals surface area (Å²) < 4.78 is 1.59. The first kappa shape index (κ1) is 10.4. The van der Waals surface area contributed by atoms with Gasteiger partial charge in [-0.2, -0.15) is 5.10 Å². The monoisotopic (exact) mass is 216 g/mol. The van der Waals surface area contributed by atoms with Gasteiger partial charge in [0, 0.05) is 6.20 Å². The molecule has 1 N–H and O–H groups in total. The summed E-state index contributed by atoms with van der Waals surface area (Å²) >= 11 is 0. The molecule has 1 heterocycles. The van der Waals surface area contributed by atoms with Crippen molar-refractivity contribution < 1.29 is 9.90 Å². The molecule has 1 aromatic heterocycles. The molecule has 0 radical (unpaired) electrons. The van der Waals surface area contributed by atoms with Crippen molar-refractivity contribution in [2.75, 3.05) is 0 Å². The number of nitrogens with zero attached hydrogens (tertiary/aromatic N) is 2. The van der Waals surface area contributed by atoms with Crippen molar-refractivity contribution in [3.05, 3.63) is 47.3 Å². The third-order valence-corrected chi connectivity index (χ3v) is 2.42. The van der Waals surface area contributed by atoms with Crippen molar-refractivity contribution in [2.24, 2.45) is 0 Å². The summed E-state index contributed by atoms with van der Waals surface area (Å²) in [7, 11) is 0. The number of carbonyl (C=O) groups is 1. The molecule has 0 fully saturated rings. The third kappa shape index (κ3) is 1.69. The number of aromatic carboxylic acids is 1. The number of hydrogen-bond acceptors (Lipinski definition) is 2. The molecule has 0 atom stereocenters. The molecule has 0 aliphatic carbocycles. The first-order valence-corrected chi connectivity index (χ1v) is 4.94. The largest absolute Gasteiger partial charge is 0.478 e. The van der Waals surface area contributed by atoms with Crippen LogP contribution in [0.1, 0.15) is 21.5 Å². The van der Waals surface area contributed by atoms with Crippen LogP contribution in [0.2, 0.25) is 0 Å². The lowest BCUT2D eigenvalue weighted by atomic mass is 10.1. The van der Waals surface area contributed by atoms with Gasteiger partial charge in [0.25, 0.3) is 0 Å². The van der Waals surface area contributed by atoms with E-state index in [0.717, 1.165) is 11.1 Å². The zero-order valence-electron chi connectivity index (χ0n) is 9.14. The fraction of sp³-hybridized carbons (Fsp3) is 0.167. The number of aromatic nitrogens is 2. The number of carboxylic acid groups (broad SMARTS) is 1. The van der Waals surface area contributed by atoms with E-state index in [1.807, 2.05) is 13.0 Å². The summed E-state index contributed by atoms with van der Waals surface area (Å²) in [5, 5.41) is 13.3. The zero-order valence-corrected chi connectivity index (χ0v) is 9.14. The molecule has 0 unspecified atom stereocenters. The maximum absolute atomic E-state index is 11.2. The minimum absolute atomic E-state index is 0.297. The van der Waals surface area contributed by atoms with Gasteiger partial charge < -0.3 is 5.11 Å². The molecule has 0 saturated heterocycles. The van der Waals surface area contributed by atoms with E-state index in [-0.39, 0.29) is 0 Å². The lowest BCUT2D eigenvalue weighted by molar-refractivity contribution is 0.0696. The van der Waals surface area contributed by atoms with E-state index in [9.17, 15) is 9.90 Å². The van der Waals surface area contributed by atoms with Crippen LogP contribution in [0.15, 0.2) is 30.6 Å². The molecule has 0 spiro atoms. The Morgan fingerprint density at radius 1 is 1.38 bits per heavy atom. The average Bonchev–Trinajstić information content (AvgIpc) is 2.63. The molecule has 16 heavy (non-hydrogen) atoms. The quantitative estimate of drug-likeness (QED) is 0.837. The fourth-order valence-corrected chi connectivity index (χ4v) is 1.67. The van der Waals surface area contributed by atoms with E-state index in [1.165, 1.54) is 0 Å². The second kappa shape index (κ2) is 3.81. The van der Waals surface area contributed by atoms with E-state index in [1.54, 1.807) is 36.1 Å². The number of benzene rings is 1. The van der Waals surface area contributed by atoms with E-state index in [2.05, 4.69) is 5.10 Å². The maximum Gasteiger partial charge on any atom is 0.338 e. The Bertz CT molecular complexity index is 544. The molecule has 1 aromatic carbocycles. The van der Waals surface area contributed by atoms with Crippen LogP contribution in [-0.2, 0) is 0 Å². The molecule has 2 rings (SSSR count). The van der Waals surface area contributed by atoms with Crippen molar-refractivity contribution in [3.8, 4) is 5.69 Å². The fourth-order valence-electron chi connectivity index (χ4n) is 1.67. The van der Waals surface area contributed by atoms with Gasteiger partial charge in [-0.25, -0.2) is 9.48 Å². The topological polar surface area (TPSA) is 55.1 Å². The van der Waals surface area contributed by atoms with Gasteiger partial charge in [0.2, 0.25) is 0 Å². The predicted octanol–water partition coefficient (Wildman–Crippen LogP) is 2.19. The third-order valence-electron chi connectivity index (χ3n) is 2.42. The second-order valence-corrected chi connectivity index (χ2v) is 3.74. The van der Waals surface area contributed by atoms with Crippen molar-refractivity contribution >= 4 is 5.97 Å². The van der Waals surface area contributed by atoms with Gasteiger partial charge in [-0.15, -0.1) is 0 Å². The molecule has 2 aromatic rings. The Morgan fingerprint density at radius 2 is 2.12 bits per heavy atom. The lowest BCUT2D eigenvalue weighted by Gasteiger charge is -2.08. The highest BCUT2D eigenvalue weighted by atomic mass is 16.4. The van der Waals surface area contributed by atoms with Crippen molar-refractivity contribution in [2.45, 2.75) is 13.8 Å². The summed E-state index contributed by atoms with van der Waals surface area (Å²) in [6.45, 7) is 3.70. The highest BCUT2D eigenvalue weighted by Crippen LogP contribution is 2.18. The highest BCUT2D eigenvalue weighted by Gasteiger charge is 2.14. The van der Waals surface area contributed by atoms with Gasteiger partial charge in [-0.05, 0) is 31.0 Å². The summed E-state index contributed by atoms with van der Waals surface area (Å²) in [5.74, 6) is -0.929. The molecular formula is C12H12N2O2. The minimum atomic E-state index is -0.929. The number of aryl methyl sites for hydroxylation is 2. The molecule has 0 aliphatic heterocycles. The first-order valence-electron chi connectivity index (χ1n) is 4.94. The van der Waals surface area contributed by atoms with E-state index < -0.39 is 5.97 Å². The lowest BCUT2D eigenvalue weighted by Crippen LogP contribution is -2.07. The van der Waals surface area contributed by atoms with Crippen LogP contribution >= 0.6 is 0 Å². The molecule has 0 saturated carbocycles. The molecular weight excluding hydrogens is 204 g/mol. The molecule has 4 heteroatoms. The van der Waals surface area contributed by atoms with E-state index >= 15 is 0 Å². The Morgan fingerprint density at radius 3 is 2.69 bits per heavy atom. The Kier molecular flexibility index (Phi) is 2.48. The van der Waals surface area contributed by atoms with Crippen LogP contribution < -0.4 is 0 Å². The first-order chi connectivity index (χ1) is 7.59. The number of carboxylic acids is 1. The Balaban J connectivity index is 2.65. The Hall–Kier alpha value is -2.10. The van der Waals surface area contributed by atoms with Crippen LogP contribution in [-0.4, -0.2) is 20.9 Å². The summed E-state index contributed by atoms with van der Waals surface area (Å²) in [4.78, 5) is 11.2. The number of hydrogen-bond donors (Lipinski definition) is 1. The van der Waals surface area contributed by atoms with Crippen molar-refractivity contribution in [3.63, 3.8) is 0 Å². The highest BCUT2D eigenvalue weighted by molar-refractivity contribution is 5.93. The molecule has 0 bridgehead atoms. The van der Waals surface area contributed by atoms with Crippen LogP contribution in [0, 0.1) is 13.8 Å². The van der Waals surface area contributed by atoms with Crippen LogP contribution in [0.25, 0.3) is 5.69 Å². The minimum Gasteiger partial charge on any atom is -0.478 e. The normalized spacial score (nSPS) is 10.4. The maximum atomic E-state index is 11.2. The molecule has 82 valence electrons. The average molecular weight is 216 g/mol. The smallest absolute Gasteiger partial charge is 0.338 e. The second-order valence-electron chi connectivity index (χ2n) is 3.74. The van der Waals surface area contributed by atoms with Gasteiger partial charge >= 0.3 is 5.97 Å². The SMILES string of the molecule is Cc1cnn(-c2cccc(C)c2C(=O)O)c1. The molecule has 0 aliphatic rings. The summed E-state index contributed by atoms with van der Waals surface area (Å²) in [6.07, 6.45) is 3.51. The van der Waals surface area contributed by atoms with Gasteiger partial charge in [0.15, 0.2) is 0 Å². The van der Waals surface area contributed by atoms with Gasteiger partial charge in [-0.1, -0.05) is 12.1 Å². The molecule has 4 nitrogen and oxygen atoms in total. The van der Waals surface area contributed by atoms with Crippen LogP contribution in [0.4, 0.5) is 0 Å². The van der Waals surface area contributed by atoms with Gasteiger partial charge in [0.05, 0.1) is 17.4 Å². The van der Waals surface area contributed by atoms with Crippen LogP contribution in [0.5, 0.6) is 0 Å². The van der Waals surface area contributed by atoms with Crippen molar-refractivity contribution in [1.29, 1.82) is 0 Å². The number of rotatable bonds is 2.